The lowest BCUT2D eigenvalue weighted by atomic mass is 10.2. The van der Waals surface area contributed by atoms with Crippen LogP contribution in [0.4, 0.5) is 5.69 Å². The number of aryl methyl sites for hydroxylation is 3. The molecule has 2 heterocycles. The molecule has 7 nitrogen and oxygen atoms in total. The van der Waals surface area contributed by atoms with Crippen molar-refractivity contribution in [3.63, 3.8) is 0 Å². The lowest BCUT2D eigenvalue weighted by Gasteiger charge is -2.08. The first kappa shape index (κ1) is 18.4. The van der Waals surface area contributed by atoms with Gasteiger partial charge in [-0.05, 0) is 45.9 Å². The van der Waals surface area contributed by atoms with E-state index >= 15 is 0 Å². The van der Waals surface area contributed by atoms with E-state index in [0.717, 1.165) is 11.4 Å². The van der Waals surface area contributed by atoms with E-state index in [1.807, 2.05) is 44.2 Å². The van der Waals surface area contributed by atoms with E-state index in [-0.39, 0.29) is 0 Å². The minimum absolute atomic E-state index is 0.324. The van der Waals surface area contributed by atoms with Crippen LogP contribution in [0.1, 0.15) is 33.3 Å². The van der Waals surface area contributed by atoms with Crippen LogP contribution < -0.4 is 5.32 Å². The third kappa shape index (κ3) is 3.92. The molecule has 0 aliphatic carbocycles. The van der Waals surface area contributed by atoms with E-state index in [9.17, 15) is 9.59 Å². The summed E-state index contributed by atoms with van der Waals surface area (Å²) in [4.78, 5) is 24.3. The smallest absolute Gasteiger partial charge is 0.342 e. The fraction of sp³-hybridized carbons (Fsp3) is 0.250. The second-order valence-corrected chi connectivity index (χ2v) is 6.24. The van der Waals surface area contributed by atoms with Gasteiger partial charge >= 0.3 is 5.97 Å². The fourth-order valence-corrected chi connectivity index (χ4v) is 2.86. The van der Waals surface area contributed by atoms with Crippen LogP contribution in [0.3, 0.4) is 0 Å². The molecule has 1 aromatic carbocycles. The van der Waals surface area contributed by atoms with Crippen LogP contribution in [0.2, 0.25) is 0 Å². The van der Waals surface area contributed by atoms with E-state index in [0.29, 0.717) is 28.5 Å². The summed E-state index contributed by atoms with van der Waals surface area (Å²) in [6.07, 6.45) is 0. The zero-order chi connectivity index (χ0) is 19.6. The number of para-hydroxylation sites is 1. The van der Waals surface area contributed by atoms with Crippen LogP contribution in [0.15, 0.2) is 40.8 Å². The van der Waals surface area contributed by atoms with E-state index < -0.39 is 18.5 Å². The van der Waals surface area contributed by atoms with Crippen molar-refractivity contribution in [1.29, 1.82) is 0 Å². The molecule has 0 aliphatic rings. The van der Waals surface area contributed by atoms with Gasteiger partial charge in [0.05, 0.1) is 22.8 Å². The Balaban J connectivity index is 1.67. The molecular weight excluding hydrogens is 346 g/mol. The summed E-state index contributed by atoms with van der Waals surface area (Å²) >= 11 is 0. The molecule has 0 aliphatic heterocycles. The van der Waals surface area contributed by atoms with E-state index in [1.54, 1.807) is 24.6 Å². The molecule has 0 fully saturated rings. The van der Waals surface area contributed by atoms with Crippen LogP contribution >= 0.6 is 0 Å². The zero-order valence-corrected chi connectivity index (χ0v) is 15.7. The third-order valence-electron chi connectivity index (χ3n) is 4.15. The van der Waals surface area contributed by atoms with Gasteiger partial charge in [0.25, 0.3) is 5.91 Å². The molecule has 0 radical (unpaired) electrons. The van der Waals surface area contributed by atoms with Gasteiger partial charge in [0, 0.05) is 0 Å². The Morgan fingerprint density at radius 1 is 1.15 bits per heavy atom. The molecule has 140 valence electrons. The van der Waals surface area contributed by atoms with Crippen molar-refractivity contribution in [3.05, 3.63) is 64.9 Å². The Morgan fingerprint density at radius 2 is 1.85 bits per heavy atom. The lowest BCUT2D eigenvalue weighted by Crippen LogP contribution is -2.21. The Morgan fingerprint density at radius 3 is 2.48 bits per heavy atom. The largest absolute Gasteiger partial charge is 0.466 e. The van der Waals surface area contributed by atoms with Crippen molar-refractivity contribution in [3.8, 4) is 5.69 Å². The molecular formula is C20H21N3O4. The number of furan rings is 1. The highest BCUT2D eigenvalue weighted by molar-refractivity contribution is 5.96. The number of anilines is 1. The molecule has 1 amide bonds. The van der Waals surface area contributed by atoms with Crippen molar-refractivity contribution in [2.24, 2.45) is 0 Å². The number of amides is 1. The summed E-state index contributed by atoms with van der Waals surface area (Å²) in [5.41, 5.74) is 3.30. The number of hydrogen-bond donors (Lipinski definition) is 1. The average Bonchev–Trinajstić information content (AvgIpc) is 3.13. The predicted molar refractivity (Wildman–Crippen MR) is 100 cm³/mol. The van der Waals surface area contributed by atoms with Crippen LogP contribution in [-0.4, -0.2) is 28.3 Å². The quantitative estimate of drug-likeness (QED) is 0.698. The maximum absolute atomic E-state index is 12.2. The first-order valence-electron chi connectivity index (χ1n) is 8.52. The standard InChI is InChI=1S/C20H21N3O4/c1-12-10-17(15(4)27-12)20(25)26-11-18(24)21-19-13(2)22-23(14(19)3)16-8-6-5-7-9-16/h5-10H,11H2,1-4H3,(H,21,24). The van der Waals surface area contributed by atoms with Gasteiger partial charge in [-0.25, -0.2) is 9.48 Å². The number of aromatic nitrogens is 2. The van der Waals surface area contributed by atoms with Crippen molar-refractivity contribution in [2.45, 2.75) is 27.7 Å². The average molecular weight is 367 g/mol. The summed E-state index contributed by atoms with van der Waals surface area (Å²) in [5.74, 6) is 0.0603. The minimum Gasteiger partial charge on any atom is -0.466 e. The Kier molecular flexibility index (Phi) is 5.12. The van der Waals surface area contributed by atoms with E-state index in [4.69, 9.17) is 9.15 Å². The Bertz CT molecular complexity index is 986. The number of carbonyl (C=O) groups is 2. The van der Waals surface area contributed by atoms with Gasteiger partial charge in [0.1, 0.15) is 17.1 Å². The molecule has 2 aromatic heterocycles. The maximum Gasteiger partial charge on any atom is 0.342 e. The summed E-state index contributed by atoms with van der Waals surface area (Å²) in [5, 5.41) is 7.24. The van der Waals surface area contributed by atoms with Gasteiger partial charge in [-0.2, -0.15) is 5.10 Å². The summed E-state index contributed by atoms with van der Waals surface area (Å²) in [6.45, 7) is 6.70. The number of nitrogens with one attached hydrogen (secondary N) is 1. The highest BCUT2D eigenvalue weighted by Crippen LogP contribution is 2.22. The predicted octanol–water partition coefficient (Wildman–Crippen LogP) is 3.49. The van der Waals surface area contributed by atoms with Crippen LogP contribution in [0.25, 0.3) is 5.69 Å². The van der Waals surface area contributed by atoms with Crippen molar-refractivity contribution < 1.29 is 18.7 Å². The van der Waals surface area contributed by atoms with Gasteiger partial charge in [-0.3, -0.25) is 4.79 Å². The normalized spacial score (nSPS) is 10.7. The molecule has 3 rings (SSSR count). The Labute approximate surface area is 156 Å². The number of hydrogen-bond acceptors (Lipinski definition) is 5. The van der Waals surface area contributed by atoms with E-state index in [2.05, 4.69) is 10.4 Å². The first-order chi connectivity index (χ1) is 12.9. The number of ether oxygens (including phenoxy) is 1. The molecule has 7 heteroatoms. The molecule has 0 unspecified atom stereocenters. The summed E-state index contributed by atoms with van der Waals surface area (Å²) in [7, 11) is 0. The van der Waals surface area contributed by atoms with Crippen LogP contribution in [0.5, 0.6) is 0 Å². The minimum atomic E-state index is -0.590. The van der Waals surface area contributed by atoms with Crippen molar-refractivity contribution >= 4 is 17.6 Å². The number of carbonyl (C=O) groups excluding carboxylic acids is 2. The van der Waals surface area contributed by atoms with Gasteiger partial charge in [0.2, 0.25) is 0 Å². The molecule has 1 N–H and O–H groups in total. The number of rotatable bonds is 5. The number of esters is 1. The number of nitrogens with zero attached hydrogens (tertiary/aromatic N) is 2. The molecule has 27 heavy (non-hydrogen) atoms. The van der Waals surface area contributed by atoms with Crippen LogP contribution in [0, 0.1) is 27.7 Å². The Hall–Kier alpha value is -3.35. The van der Waals surface area contributed by atoms with Gasteiger partial charge in [-0.1, -0.05) is 18.2 Å². The van der Waals surface area contributed by atoms with E-state index in [1.165, 1.54) is 0 Å². The lowest BCUT2D eigenvalue weighted by molar-refractivity contribution is -0.119. The topological polar surface area (TPSA) is 86.4 Å². The highest BCUT2D eigenvalue weighted by atomic mass is 16.5. The van der Waals surface area contributed by atoms with Crippen LogP contribution in [-0.2, 0) is 9.53 Å². The third-order valence-corrected chi connectivity index (χ3v) is 4.15. The number of benzene rings is 1. The highest BCUT2D eigenvalue weighted by Gasteiger charge is 2.18. The molecule has 0 atom stereocenters. The molecule has 3 aromatic rings. The first-order valence-corrected chi connectivity index (χ1v) is 8.52. The second kappa shape index (κ2) is 7.49. The SMILES string of the molecule is Cc1cc(C(=O)OCC(=O)Nc2c(C)nn(-c3ccccc3)c2C)c(C)o1. The van der Waals surface area contributed by atoms with Gasteiger partial charge in [0.15, 0.2) is 6.61 Å². The second-order valence-electron chi connectivity index (χ2n) is 6.24. The summed E-state index contributed by atoms with van der Waals surface area (Å²) < 4.78 is 12.1. The van der Waals surface area contributed by atoms with Crippen molar-refractivity contribution in [1.82, 2.24) is 9.78 Å². The molecule has 0 saturated carbocycles. The molecule has 0 spiro atoms. The summed E-state index contributed by atoms with van der Waals surface area (Å²) in [6, 6.07) is 11.2. The van der Waals surface area contributed by atoms with Gasteiger partial charge in [-0.15, -0.1) is 0 Å². The molecule has 0 bridgehead atoms. The monoisotopic (exact) mass is 367 g/mol. The maximum atomic E-state index is 12.2. The zero-order valence-electron chi connectivity index (χ0n) is 15.7. The van der Waals surface area contributed by atoms with Gasteiger partial charge < -0.3 is 14.5 Å². The van der Waals surface area contributed by atoms with Crippen molar-refractivity contribution in [2.75, 3.05) is 11.9 Å². The molecule has 0 saturated heterocycles. The fourth-order valence-electron chi connectivity index (χ4n) is 2.86.